The largest absolute Gasteiger partial charge is 0.353 e. The standard InChI is InChI=1S/C14H31N3O2/c1-4-18-14(19-5-2)6-9-16(3)12-13-17-10-7-15-8-11-17/h14-15H,4-13H2,1-3H3. The molecule has 1 rings (SSSR count). The van der Waals surface area contributed by atoms with E-state index in [0.29, 0.717) is 0 Å². The Morgan fingerprint density at radius 1 is 1.11 bits per heavy atom. The molecule has 0 bridgehead atoms. The third kappa shape index (κ3) is 7.84. The molecule has 5 heteroatoms. The van der Waals surface area contributed by atoms with E-state index >= 15 is 0 Å². The average Bonchev–Trinajstić information content (AvgIpc) is 2.44. The van der Waals surface area contributed by atoms with Crippen LogP contribution >= 0.6 is 0 Å². The van der Waals surface area contributed by atoms with Crippen LogP contribution in [0.25, 0.3) is 0 Å². The lowest BCUT2D eigenvalue weighted by Gasteiger charge is -2.29. The Hall–Kier alpha value is -0.200. The minimum Gasteiger partial charge on any atom is -0.353 e. The predicted molar refractivity (Wildman–Crippen MR) is 78.5 cm³/mol. The molecule has 1 aliphatic rings. The Labute approximate surface area is 118 Å². The number of piperazine rings is 1. The van der Waals surface area contributed by atoms with Crippen molar-refractivity contribution >= 4 is 0 Å². The van der Waals surface area contributed by atoms with Crippen LogP contribution in [0.4, 0.5) is 0 Å². The van der Waals surface area contributed by atoms with E-state index in [9.17, 15) is 0 Å². The van der Waals surface area contributed by atoms with E-state index in [-0.39, 0.29) is 6.29 Å². The van der Waals surface area contributed by atoms with E-state index in [0.717, 1.165) is 52.4 Å². The zero-order valence-electron chi connectivity index (χ0n) is 12.9. The van der Waals surface area contributed by atoms with Gasteiger partial charge in [0.1, 0.15) is 0 Å². The van der Waals surface area contributed by atoms with E-state index in [1.165, 1.54) is 13.1 Å². The van der Waals surface area contributed by atoms with Crippen LogP contribution in [0.15, 0.2) is 0 Å². The van der Waals surface area contributed by atoms with E-state index in [1.807, 2.05) is 13.8 Å². The Morgan fingerprint density at radius 2 is 1.74 bits per heavy atom. The van der Waals surface area contributed by atoms with Crippen molar-refractivity contribution in [1.29, 1.82) is 0 Å². The minimum atomic E-state index is -0.0448. The van der Waals surface area contributed by atoms with Gasteiger partial charge in [-0.15, -0.1) is 0 Å². The van der Waals surface area contributed by atoms with Gasteiger partial charge in [0.15, 0.2) is 6.29 Å². The van der Waals surface area contributed by atoms with E-state index < -0.39 is 0 Å². The number of hydrogen-bond donors (Lipinski definition) is 1. The van der Waals surface area contributed by atoms with Crippen molar-refractivity contribution in [3.05, 3.63) is 0 Å². The van der Waals surface area contributed by atoms with Gasteiger partial charge < -0.3 is 19.7 Å². The molecule has 1 aliphatic heterocycles. The van der Waals surface area contributed by atoms with Crippen molar-refractivity contribution in [2.24, 2.45) is 0 Å². The molecule has 1 saturated heterocycles. The summed E-state index contributed by atoms with van der Waals surface area (Å²) in [5, 5.41) is 3.38. The molecule has 0 aromatic carbocycles. The summed E-state index contributed by atoms with van der Waals surface area (Å²) in [6, 6.07) is 0. The van der Waals surface area contributed by atoms with Gasteiger partial charge in [-0.1, -0.05) is 0 Å². The first kappa shape index (κ1) is 16.9. The molecular formula is C14H31N3O2. The number of ether oxygens (including phenoxy) is 2. The first-order chi connectivity index (χ1) is 9.26. The number of nitrogens with one attached hydrogen (secondary N) is 1. The molecule has 0 radical (unpaired) electrons. The monoisotopic (exact) mass is 273 g/mol. The molecule has 1 fully saturated rings. The highest BCUT2D eigenvalue weighted by molar-refractivity contribution is 4.68. The van der Waals surface area contributed by atoms with Gasteiger partial charge in [-0.2, -0.15) is 0 Å². The van der Waals surface area contributed by atoms with Crippen LogP contribution in [-0.4, -0.2) is 82.2 Å². The van der Waals surface area contributed by atoms with Crippen LogP contribution in [0.1, 0.15) is 20.3 Å². The van der Waals surface area contributed by atoms with Crippen molar-refractivity contribution in [3.63, 3.8) is 0 Å². The van der Waals surface area contributed by atoms with Crippen molar-refractivity contribution < 1.29 is 9.47 Å². The fraction of sp³-hybridized carbons (Fsp3) is 1.00. The molecule has 0 unspecified atom stereocenters. The Bertz CT molecular complexity index is 205. The summed E-state index contributed by atoms with van der Waals surface area (Å²) in [6.45, 7) is 13.4. The highest BCUT2D eigenvalue weighted by Gasteiger charge is 2.12. The Morgan fingerprint density at radius 3 is 2.32 bits per heavy atom. The number of rotatable bonds is 10. The summed E-state index contributed by atoms with van der Waals surface area (Å²) in [6.07, 6.45) is 0.899. The molecule has 114 valence electrons. The van der Waals surface area contributed by atoms with Crippen molar-refractivity contribution in [2.45, 2.75) is 26.6 Å². The fourth-order valence-electron chi connectivity index (χ4n) is 2.27. The van der Waals surface area contributed by atoms with Crippen LogP contribution < -0.4 is 5.32 Å². The Balaban J connectivity index is 2.09. The third-order valence-electron chi connectivity index (χ3n) is 3.46. The topological polar surface area (TPSA) is 37.0 Å². The maximum Gasteiger partial charge on any atom is 0.158 e. The molecule has 0 amide bonds. The zero-order valence-corrected chi connectivity index (χ0v) is 12.9. The maximum absolute atomic E-state index is 5.56. The summed E-state index contributed by atoms with van der Waals surface area (Å²) in [5.74, 6) is 0. The van der Waals surface area contributed by atoms with Gasteiger partial charge in [-0.05, 0) is 20.9 Å². The molecule has 0 aromatic rings. The molecule has 19 heavy (non-hydrogen) atoms. The number of hydrogen-bond acceptors (Lipinski definition) is 5. The smallest absolute Gasteiger partial charge is 0.158 e. The second-order valence-electron chi connectivity index (χ2n) is 5.02. The summed E-state index contributed by atoms with van der Waals surface area (Å²) in [7, 11) is 2.18. The highest BCUT2D eigenvalue weighted by Crippen LogP contribution is 2.03. The van der Waals surface area contributed by atoms with Crippen molar-refractivity contribution in [2.75, 3.05) is 66.1 Å². The van der Waals surface area contributed by atoms with Crippen LogP contribution in [0.2, 0.25) is 0 Å². The molecule has 0 aliphatic carbocycles. The summed E-state index contributed by atoms with van der Waals surface area (Å²) in [4.78, 5) is 4.89. The molecule has 0 atom stereocenters. The second kappa shape index (κ2) is 10.6. The third-order valence-corrected chi connectivity index (χ3v) is 3.46. The van der Waals surface area contributed by atoms with Gasteiger partial charge in [0.2, 0.25) is 0 Å². The van der Waals surface area contributed by atoms with Crippen molar-refractivity contribution in [3.8, 4) is 0 Å². The molecule has 5 nitrogen and oxygen atoms in total. The molecule has 0 saturated carbocycles. The molecule has 1 N–H and O–H groups in total. The lowest BCUT2D eigenvalue weighted by Crippen LogP contribution is -2.46. The van der Waals surface area contributed by atoms with E-state index in [2.05, 4.69) is 22.2 Å². The van der Waals surface area contributed by atoms with Crippen LogP contribution in [-0.2, 0) is 9.47 Å². The van der Waals surface area contributed by atoms with Gasteiger partial charge >= 0.3 is 0 Å². The average molecular weight is 273 g/mol. The van der Waals surface area contributed by atoms with Crippen molar-refractivity contribution in [1.82, 2.24) is 15.1 Å². The SMILES string of the molecule is CCOC(CCN(C)CCN1CCNCC1)OCC. The summed E-state index contributed by atoms with van der Waals surface area (Å²) in [5.41, 5.74) is 0. The molecular weight excluding hydrogens is 242 g/mol. The zero-order chi connectivity index (χ0) is 13.9. The first-order valence-electron chi connectivity index (χ1n) is 7.61. The lowest BCUT2D eigenvalue weighted by atomic mass is 10.3. The molecule has 0 spiro atoms. The highest BCUT2D eigenvalue weighted by atomic mass is 16.7. The van der Waals surface area contributed by atoms with Crippen LogP contribution in [0, 0.1) is 0 Å². The number of nitrogens with zero attached hydrogens (tertiary/aromatic N) is 2. The predicted octanol–water partition coefficient (Wildman–Crippen LogP) is 0.613. The minimum absolute atomic E-state index is 0.0448. The van der Waals surface area contributed by atoms with E-state index in [4.69, 9.17) is 9.47 Å². The van der Waals surface area contributed by atoms with Gasteiger partial charge in [0.25, 0.3) is 0 Å². The van der Waals surface area contributed by atoms with Gasteiger partial charge in [-0.25, -0.2) is 0 Å². The number of likely N-dealkylation sites (N-methyl/N-ethyl adjacent to an activating group) is 1. The van der Waals surface area contributed by atoms with Gasteiger partial charge in [-0.3, -0.25) is 4.90 Å². The van der Waals surface area contributed by atoms with E-state index in [1.54, 1.807) is 0 Å². The first-order valence-corrected chi connectivity index (χ1v) is 7.61. The maximum atomic E-state index is 5.56. The Kier molecular flexibility index (Phi) is 9.38. The molecule has 1 heterocycles. The molecule has 0 aromatic heterocycles. The quantitative estimate of drug-likeness (QED) is 0.590. The van der Waals surface area contributed by atoms with Crippen LogP contribution in [0.3, 0.4) is 0 Å². The van der Waals surface area contributed by atoms with Crippen LogP contribution in [0.5, 0.6) is 0 Å². The van der Waals surface area contributed by atoms with Gasteiger partial charge in [0.05, 0.1) is 0 Å². The summed E-state index contributed by atoms with van der Waals surface area (Å²) >= 11 is 0. The second-order valence-corrected chi connectivity index (χ2v) is 5.02. The summed E-state index contributed by atoms with van der Waals surface area (Å²) < 4.78 is 11.1. The lowest BCUT2D eigenvalue weighted by molar-refractivity contribution is -0.141. The van der Waals surface area contributed by atoms with Gasteiger partial charge in [0, 0.05) is 65.4 Å². The normalized spacial score (nSPS) is 17.5. The fourth-order valence-corrected chi connectivity index (χ4v) is 2.27.